The lowest BCUT2D eigenvalue weighted by molar-refractivity contribution is 0.0612. The average molecular weight is 391 g/mol. The van der Waals surface area contributed by atoms with Crippen molar-refractivity contribution in [3.05, 3.63) is 70.0 Å². The Morgan fingerprint density at radius 3 is 2.69 bits per heavy atom. The maximum Gasteiger partial charge on any atom is 0.293 e. The van der Waals surface area contributed by atoms with Crippen LogP contribution in [0.5, 0.6) is 0 Å². The van der Waals surface area contributed by atoms with Gasteiger partial charge in [0.15, 0.2) is 0 Å². The minimum Gasteiger partial charge on any atom is -0.296 e. The third-order valence-corrected chi connectivity index (χ3v) is 5.21. The number of hydrogen-bond acceptors (Lipinski definition) is 6. The first-order chi connectivity index (χ1) is 13.8. The first kappa shape index (κ1) is 18.9. The minimum atomic E-state index is -0.712. The van der Waals surface area contributed by atoms with Gasteiger partial charge in [-0.2, -0.15) is 0 Å². The van der Waals surface area contributed by atoms with Crippen LogP contribution < -0.4 is 11.4 Å². The Morgan fingerprint density at radius 2 is 1.97 bits per heavy atom. The zero-order valence-electron chi connectivity index (χ0n) is 16.3. The Labute approximate surface area is 167 Å². The van der Waals surface area contributed by atoms with Crippen LogP contribution in [0.15, 0.2) is 47.4 Å². The molecule has 8 nitrogen and oxygen atoms in total. The molecule has 0 fully saturated rings. The van der Waals surface area contributed by atoms with Gasteiger partial charge in [0.05, 0.1) is 10.9 Å². The molecule has 2 N–H and O–H groups in total. The summed E-state index contributed by atoms with van der Waals surface area (Å²) < 4.78 is 1.72. The van der Waals surface area contributed by atoms with E-state index in [2.05, 4.69) is 23.8 Å². The fourth-order valence-corrected chi connectivity index (χ4v) is 3.56. The van der Waals surface area contributed by atoms with Crippen LogP contribution >= 0.6 is 0 Å². The van der Waals surface area contributed by atoms with E-state index in [4.69, 9.17) is 5.84 Å². The minimum absolute atomic E-state index is 0.0357. The van der Waals surface area contributed by atoms with Crippen LogP contribution in [-0.4, -0.2) is 31.4 Å². The topological polar surface area (TPSA) is 111 Å². The van der Waals surface area contributed by atoms with Crippen LogP contribution in [0.2, 0.25) is 0 Å². The molecule has 148 valence electrons. The number of carbonyl (C=O) groups excluding carboxylic acids is 2. The number of nitrogens with zero attached hydrogens (tertiary/aromatic N) is 4. The smallest absolute Gasteiger partial charge is 0.293 e. The summed E-state index contributed by atoms with van der Waals surface area (Å²) in [5, 5.41) is 0.958. The number of amides is 2. The van der Waals surface area contributed by atoms with Crippen LogP contribution in [0.3, 0.4) is 0 Å². The fourth-order valence-electron chi connectivity index (χ4n) is 3.56. The number of hydrogen-bond donors (Lipinski definition) is 1. The van der Waals surface area contributed by atoms with Crippen molar-refractivity contribution in [3.63, 3.8) is 0 Å². The van der Waals surface area contributed by atoms with E-state index in [1.807, 2.05) is 0 Å². The van der Waals surface area contributed by atoms with E-state index in [0.29, 0.717) is 34.7 Å². The number of fused-ring (bicyclic) bond motifs is 2. The lowest BCUT2D eigenvalue weighted by Crippen LogP contribution is -2.43. The van der Waals surface area contributed by atoms with Gasteiger partial charge >= 0.3 is 0 Å². The summed E-state index contributed by atoms with van der Waals surface area (Å²) in [5.74, 6) is 5.05. The number of hydrazine groups is 1. The standard InChI is InChI=1S/C21H21N5O3/c1-21(2)9-8-17-24-16-11-13(6-7-14(16)19(28)25(17)12-21)18(27)26(22)20(29)15-5-3-4-10-23-15/h3-7,10-11H,8-9,12,22H2,1-2H3. The lowest BCUT2D eigenvalue weighted by atomic mass is 9.85. The highest BCUT2D eigenvalue weighted by molar-refractivity contribution is 6.09. The van der Waals surface area contributed by atoms with Gasteiger partial charge < -0.3 is 0 Å². The summed E-state index contributed by atoms with van der Waals surface area (Å²) in [6, 6.07) is 9.33. The second kappa shape index (κ2) is 6.89. The van der Waals surface area contributed by atoms with Crippen molar-refractivity contribution in [1.82, 2.24) is 19.5 Å². The van der Waals surface area contributed by atoms with Gasteiger partial charge in [0.2, 0.25) is 0 Å². The number of aryl methyl sites for hydroxylation is 1. The average Bonchev–Trinajstić information content (AvgIpc) is 2.73. The summed E-state index contributed by atoms with van der Waals surface area (Å²) >= 11 is 0. The quantitative estimate of drug-likeness (QED) is 0.309. The molecular weight excluding hydrogens is 370 g/mol. The number of nitrogens with two attached hydrogens (primary N) is 1. The highest BCUT2D eigenvalue weighted by atomic mass is 16.2. The summed E-state index contributed by atoms with van der Waals surface area (Å²) in [6.07, 6.45) is 3.07. The number of pyridine rings is 1. The van der Waals surface area contributed by atoms with E-state index in [9.17, 15) is 14.4 Å². The molecule has 3 aromatic rings. The summed E-state index contributed by atoms with van der Waals surface area (Å²) in [4.78, 5) is 46.5. The van der Waals surface area contributed by atoms with E-state index in [-0.39, 0.29) is 22.2 Å². The molecule has 0 aliphatic carbocycles. The maximum absolute atomic E-state index is 12.9. The first-order valence-corrected chi connectivity index (χ1v) is 9.35. The predicted octanol–water partition coefficient (Wildman–Crippen LogP) is 1.92. The van der Waals surface area contributed by atoms with Crippen molar-refractivity contribution in [2.24, 2.45) is 11.3 Å². The molecule has 0 saturated carbocycles. The molecule has 1 aliphatic heterocycles. The van der Waals surface area contributed by atoms with Crippen LogP contribution in [-0.2, 0) is 13.0 Å². The highest BCUT2D eigenvalue weighted by Gasteiger charge is 2.28. The number of aromatic nitrogens is 3. The Hall–Kier alpha value is -3.39. The van der Waals surface area contributed by atoms with Crippen molar-refractivity contribution in [2.75, 3.05) is 0 Å². The lowest BCUT2D eigenvalue weighted by Gasteiger charge is -2.31. The van der Waals surface area contributed by atoms with Crippen molar-refractivity contribution in [1.29, 1.82) is 0 Å². The van der Waals surface area contributed by atoms with Crippen molar-refractivity contribution in [3.8, 4) is 0 Å². The predicted molar refractivity (Wildman–Crippen MR) is 107 cm³/mol. The largest absolute Gasteiger partial charge is 0.296 e. The van der Waals surface area contributed by atoms with Gasteiger partial charge in [-0.15, -0.1) is 0 Å². The van der Waals surface area contributed by atoms with E-state index in [1.54, 1.807) is 22.8 Å². The second-order valence-corrected chi connectivity index (χ2v) is 8.01. The Bertz CT molecular complexity index is 1180. The molecule has 1 aliphatic rings. The van der Waals surface area contributed by atoms with Gasteiger partial charge in [-0.25, -0.2) is 15.8 Å². The molecule has 1 aromatic carbocycles. The van der Waals surface area contributed by atoms with E-state index in [0.717, 1.165) is 6.42 Å². The summed E-state index contributed by atoms with van der Waals surface area (Å²) in [6.45, 7) is 4.87. The molecule has 8 heteroatoms. The molecule has 0 bridgehead atoms. The van der Waals surface area contributed by atoms with Crippen molar-refractivity contribution >= 4 is 22.7 Å². The van der Waals surface area contributed by atoms with Gasteiger partial charge in [0, 0.05) is 24.7 Å². The van der Waals surface area contributed by atoms with Crippen LogP contribution in [0.25, 0.3) is 10.9 Å². The molecule has 0 radical (unpaired) electrons. The molecule has 0 spiro atoms. The van der Waals surface area contributed by atoms with Crippen molar-refractivity contribution in [2.45, 2.75) is 33.2 Å². The SMILES string of the molecule is CC1(C)CCc2nc3cc(C(=O)N(N)C(=O)c4ccccn4)ccc3c(=O)n2C1. The number of benzene rings is 1. The van der Waals surface area contributed by atoms with Crippen LogP contribution in [0.4, 0.5) is 0 Å². The van der Waals surface area contributed by atoms with E-state index < -0.39 is 11.8 Å². The fraction of sp³-hybridized carbons (Fsp3) is 0.286. The highest BCUT2D eigenvalue weighted by Crippen LogP contribution is 2.29. The molecular formula is C21H21N5O3. The first-order valence-electron chi connectivity index (χ1n) is 9.35. The number of rotatable bonds is 2. The van der Waals surface area contributed by atoms with Gasteiger partial charge in [-0.05, 0) is 42.2 Å². The number of carbonyl (C=O) groups is 2. The zero-order chi connectivity index (χ0) is 20.8. The van der Waals surface area contributed by atoms with Crippen LogP contribution in [0.1, 0.15) is 46.9 Å². The number of imide groups is 1. The Balaban J connectivity index is 1.70. The maximum atomic E-state index is 12.9. The molecule has 4 rings (SSSR count). The molecule has 2 amide bonds. The molecule has 29 heavy (non-hydrogen) atoms. The van der Waals surface area contributed by atoms with Gasteiger partial charge in [0.1, 0.15) is 11.5 Å². The molecule has 0 atom stereocenters. The normalized spacial score (nSPS) is 15.0. The van der Waals surface area contributed by atoms with Gasteiger partial charge in [0.25, 0.3) is 17.4 Å². The molecule has 0 saturated heterocycles. The zero-order valence-corrected chi connectivity index (χ0v) is 16.3. The van der Waals surface area contributed by atoms with Gasteiger partial charge in [-0.3, -0.25) is 23.9 Å². The monoisotopic (exact) mass is 391 g/mol. The van der Waals surface area contributed by atoms with E-state index >= 15 is 0 Å². The Kier molecular flexibility index (Phi) is 4.50. The van der Waals surface area contributed by atoms with Gasteiger partial charge in [-0.1, -0.05) is 19.9 Å². The van der Waals surface area contributed by atoms with Crippen LogP contribution in [0, 0.1) is 5.41 Å². The Morgan fingerprint density at radius 1 is 1.17 bits per heavy atom. The molecule has 2 aromatic heterocycles. The summed E-state index contributed by atoms with van der Waals surface area (Å²) in [5.41, 5.74) is 0.583. The molecule has 0 unspecified atom stereocenters. The van der Waals surface area contributed by atoms with E-state index in [1.165, 1.54) is 24.4 Å². The van der Waals surface area contributed by atoms with Crippen molar-refractivity contribution < 1.29 is 9.59 Å². The molecule has 3 heterocycles. The summed E-state index contributed by atoms with van der Waals surface area (Å²) in [7, 11) is 0. The third-order valence-electron chi connectivity index (χ3n) is 5.21. The third kappa shape index (κ3) is 3.42. The second-order valence-electron chi connectivity index (χ2n) is 8.01.